The van der Waals surface area contributed by atoms with Crippen LogP contribution in [-0.4, -0.2) is 15.0 Å². The first-order valence-corrected chi connectivity index (χ1v) is 6.98. The van der Waals surface area contributed by atoms with Crippen molar-refractivity contribution in [1.29, 1.82) is 0 Å². The highest BCUT2D eigenvalue weighted by atomic mass is 35.5. The molecule has 2 aromatic carbocycles. The number of aromatic nitrogens is 3. The lowest BCUT2D eigenvalue weighted by Gasteiger charge is -2.07. The van der Waals surface area contributed by atoms with E-state index < -0.39 is 0 Å². The van der Waals surface area contributed by atoms with Crippen molar-refractivity contribution in [3.8, 4) is 17.8 Å². The summed E-state index contributed by atoms with van der Waals surface area (Å²) in [4.78, 5) is 11.9. The van der Waals surface area contributed by atoms with Gasteiger partial charge >= 0.3 is 12.0 Å². The molecule has 0 atom stereocenters. The highest BCUT2D eigenvalue weighted by molar-refractivity contribution is 6.28. The van der Waals surface area contributed by atoms with Gasteiger partial charge in [-0.2, -0.15) is 9.97 Å². The molecule has 6 heteroatoms. The predicted molar refractivity (Wildman–Crippen MR) is 82.1 cm³/mol. The van der Waals surface area contributed by atoms with Crippen LogP contribution in [0.3, 0.4) is 0 Å². The van der Waals surface area contributed by atoms with Crippen molar-refractivity contribution in [2.75, 3.05) is 0 Å². The van der Waals surface area contributed by atoms with Crippen molar-refractivity contribution in [2.24, 2.45) is 0 Å². The zero-order valence-corrected chi connectivity index (χ0v) is 12.3. The zero-order chi connectivity index (χ0) is 15.2. The van der Waals surface area contributed by atoms with Gasteiger partial charge in [0.15, 0.2) is 0 Å². The number of benzene rings is 2. The van der Waals surface area contributed by atoms with E-state index in [0.29, 0.717) is 12.4 Å². The lowest BCUT2D eigenvalue weighted by atomic mass is 10.2. The Bertz CT molecular complexity index is 739. The molecule has 0 aliphatic rings. The summed E-state index contributed by atoms with van der Waals surface area (Å²) < 4.78 is 11.0. The van der Waals surface area contributed by atoms with E-state index in [4.69, 9.17) is 21.1 Å². The second kappa shape index (κ2) is 6.87. The summed E-state index contributed by atoms with van der Waals surface area (Å²) in [6.07, 6.45) is 0. The van der Waals surface area contributed by atoms with E-state index in [2.05, 4.69) is 15.0 Å². The zero-order valence-electron chi connectivity index (χ0n) is 11.5. The number of hydrogen-bond donors (Lipinski definition) is 0. The van der Waals surface area contributed by atoms with Crippen molar-refractivity contribution in [3.63, 3.8) is 0 Å². The SMILES string of the molecule is Clc1nc(OCc2ccccc2)nc(Oc2ccccc2)n1. The van der Waals surface area contributed by atoms with Gasteiger partial charge in [0, 0.05) is 0 Å². The summed E-state index contributed by atoms with van der Waals surface area (Å²) in [7, 11) is 0. The van der Waals surface area contributed by atoms with Crippen LogP contribution >= 0.6 is 11.6 Å². The second-order valence-corrected chi connectivity index (χ2v) is 4.70. The van der Waals surface area contributed by atoms with Gasteiger partial charge in [0.2, 0.25) is 5.28 Å². The third-order valence-corrected chi connectivity index (χ3v) is 2.90. The monoisotopic (exact) mass is 313 g/mol. The molecule has 1 heterocycles. The van der Waals surface area contributed by atoms with Crippen LogP contribution in [0.25, 0.3) is 0 Å². The maximum Gasteiger partial charge on any atom is 0.329 e. The fourth-order valence-corrected chi connectivity index (χ4v) is 1.89. The molecule has 0 saturated heterocycles. The van der Waals surface area contributed by atoms with Crippen LogP contribution in [0.1, 0.15) is 5.56 Å². The van der Waals surface area contributed by atoms with E-state index >= 15 is 0 Å². The fourth-order valence-electron chi connectivity index (χ4n) is 1.74. The first kappa shape index (κ1) is 14.3. The molecule has 3 aromatic rings. The van der Waals surface area contributed by atoms with Gasteiger partial charge in [-0.1, -0.05) is 48.5 Å². The van der Waals surface area contributed by atoms with Gasteiger partial charge < -0.3 is 9.47 Å². The van der Waals surface area contributed by atoms with Gasteiger partial charge in [-0.25, -0.2) is 0 Å². The van der Waals surface area contributed by atoms with Crippen molar-refractivity contribution in [1.82, 2.24) is 15.0 Å². The van der Waals surface area contributed by atoms with Crippen LogP contribution in [0, 0.1) is 0 Å². The first-order chi connectivity index (χ1) is 10.8. The summed E-state index contributed by atoms with van der Waals surface area (Å²) in [6.45, 7) is 0.339. The minimum atomic E-state index is 0.0176. The molecule has 0 N–H and O–H groups in total. The third kappa shape index (κ3) is 3.93. The topological polar surface area (TPSA) is 57.1 Å². The lowest BCUT2D eigenvalue weighted by molar-refractivity contribution is 0.273. The Hall–Kier alpha value is -2.66. The van der Waals surface area contributed by atoms with E-state index in [0.717, 1.165) is 5.56 Å². The van der Waals surface area contributed by atoms with Crippen LogP contribution in [-0.2, 0) is 6.61 Å². The molecule has 1 aromatic heterocycles. The largest absolute Gasteiger partial charge is 0.458 e. The van der Waals surface area contributed by atoms with Gasteiger partial charge in [-0.3, -0.25) is 0 Å². The molecule has 0 bridgehead atoms. The highest BCUT2D eigenvalue weighted by Gasteiger charge is 2.08. The molecule has 22 heavy (non-hydrogen) atoms. The van der Waals surface area contributed by atoms with E-state index in [1.807, 2.05) is 48.5 Å². The quantitative estimate of drug-likeness (QED) is 0.715. The summed E-state index contributed by atoms with van der Waals surface area (Å²) in [6, 6.07) is 19.1. The molecule has 3 rings (SSSR count). The number of hydrogen-bond acceptors (Lipinski definition) is 5. The summed E-state index contributed by atoms with van der Waals surface area (Å²) in [5.41, 5.74) is 1.00. The van der Waals surface area contributed by atoms with Crippen molar-refractivity contribution in [3.05, 3.63) is 71.5 Å². The molecular weight excluding hydrogens is 302 g/mol. The van der Waals surface area contributed by atoms with Gasteiger partial charge in [0.05, 0.1) is 0 Å². The van der Waals surface area contributed by atoms with Gasteiger partial charge in [0.25, 0.3) is 0 Å². The highest BCUT2D eigenvalue weighted by Crippen LogP contribution is 2.20. The second-order valence-electron chi connectivity index (χ2n) is 4.36. The molecule has 0 saturated carbocycles. The van der Waals surface area contributed by atoms with E-state index in [1.54, 1.807) is 12.1 Å². The van der Waals surface area contributed by atoms with E-state index in [1.165, 1.54) is 0 Å². The number of ether oxygens (including phenoxy) is 2. The van der Waals surface area contributed by atoms with Gasteiger partial charge in [-0.05, 0) is 29.3 Å². The minimum Gasteiger partial charge on any atom is -0.458 e. The number of rotatable bonds is 5. The molecule has 0 amide bonds. The van der Waals surface area contributed by atoms with E-state index in [9.17, 15) is 0 Å². The van der Waals surface area contributed by atoms with Crippen LogP contribution in [0.5, 0.6) is 17.8 Å². The summed E-state index contributed by atoms with van der Waals surface area (Å²) >= 11 is 5.88. The number of para-hydroxylation sites is 1. The molecule has 0 unspecified atom stereocenters. The van der Waals surface area contributed by atoms with Crippen molar-refractivity contribution >= 4 is 11.6 Å². The van der Waals surface area contributed by atoms with Crippen LogP contribution in [0.15, 0.2) is 60.7 Å². The Morgan fingerprint density at radius 3 is 2.14 bits per heavy atom. The number of nitrogens with zero attached hydrogens (tertiary/aromatic N) is 3. The van der Waals surface area contributed by atoms with Crippen molar-refractivity contribution in [2.45, 2.75) is 6.61 Å². The Balaban J connectivity index is 1.72. The molecular formula is C16H12ClN3O2. The average molecular weight is 314 g/mol. The minimum absolute atomic E-state index is 0.0176. The molecule has 0 fully saturated rings. The molecule has 0 aliphatic heterocycles. The van der Waals surface area contributed by atoms with Crippen LogP contribution < -0.4 is 9.47 Å². The van der Waals surface area contributed by atoms with Gasteiger partial charge in [-0.15, -0.1) is 4.98 Å². The van der Waals surface area contributed by atoms with Crippen LogP contribution in [0.2, 0.25) is 5.28 Å². The molecule has 0 radical (unpaired) electrons. The van der Waals surface area contributed by atoms with E-state index in [-0.39, 0.29) is 17.3 Å². The Kier molecular flexibility index (Phi) is 4.46. The van der Waals surface area contributed by atoms with Crippen molar-refractivity contribution < 1.29 is 9.47 Å². The number of halogens is 1. The molecule has 0 spiro atoms. The maximum atomic E-state index is 5.88. The molecule has 5 nitrogen and oxygen atoms in total. The summed E-state index contributed by atoms with van der Waals surface area (Å²) in [5, 5.41) is 0.0176. The maximum absolute atomic E-state index is 5.88. The Labute approximate surface area is 132 Å². The molecule has 0 aliphatic carbocycles. The lowest BCUT2D eigenvalue weighted by Crippen LogP contribution is -2.02. The third-order valence-electron chi connectivity index (χ3n) is 2.73. The predicted octanol–water partition coefficient (Wildman–Crippen LogP) is 3.90. The van der Waals surface area contributed by atoms with Crippen LogP contribution in [0.4, 0.5) is 0 Å². The standard InChI is InChI=1S/C16H12ClN3O2/c17-14-18-15(21-11-12-7-3-1-4-8-12)20-16(19-14)22-13-9-5-2-6-10-13/h1-10H,11H2. The Morgan fingerprint density at radius 1 is 0.773 bits per heavy atom. The summed E-state index contributed by atoms with van der Waals surface area (Å²) in [5.74, 6) is 0.610. The average Bonchev–Trinajstić information content (AvgIpc) is 2.54. The normalized spacial score (nSPS) is 10.2. The van der Waals surface area contributed by atoms with Gasteiger partial charge in [0.1, 0.15) is 12.4 Å². The smallest absolute Gasteiger partial charge is 0.329 e. The Morgan fingerprint density at radius 2 is 1.41 bits per heavy atom. The fraction of sp³-hybridized carbons (Fsp3) is 0.0625. The molecule has 110 valence electrons. The first-order valence-electron chi connectivity index (χ1n) is 6.61.